The number of nitro groups is 1. The van der Waals surface area contributed by atoms with Crippen molar-refractivity contribution in [1.29, 1.82) is 0 Å². The number of amides is 2. The average Bonchev–Trinajstić information content (AvgIpc) is 3.28. The third-order valence-corrected chi connectivity index (χ3v) is 7.85. The third kappa shape index (κ3) is 5.63. The normalized spacial score (nSPS) is 17.2. The molecule has 12 heteroatoms. The third-order valence-electron chi connectivity index (χ3n) is 5.89. The molecule has 3 atom stereocenters. The summed E-state index contributed by atoms with van der Waals surface area (Å²) in [6.07, 6.45) is -0.939. The maximum absolute atomic E-state index is 13.8. The number of aryl methyl sites for hydroxylation is 1. The summed E-state index contributed by atoms with van der Waals surface area (Å²) in [6, 6.07) is 17.2. The molecule has 3 aromatic rings. The first-order valence-electron chi connectivity index (χ1n) is 11.1. The minimum atomic E-state index is -4.27. The van der Waals surface area contributed by atoms with Gasteiger partial charge in [0.1, 0.15) is 18.7 Å². The minimum Gasteiger partial charge on any atom is -0.446 e. The van der Waals surface area contributed by atoms with Crippen LogP contribution in [0.5, 0.6) is 0 Å². The zero-order chi connectivity index (χ0) is 26.7. The number of nitro benzene ring substituents is 1. The maximum Gasteiger partial charge on any atom is 0.417 e. The Morgan fingerprint density at radius 3 is 2.30 bits per heavy atom. The molecule has 10 nitrogen and oxygen atoms in total. The fourth-order valence-electron chi connectivity index (χ4n) is 3.90. The van der Waals surface area contributed by atoms with Crippen molar-refractivity contribution >= 4 is 39.3 Å². The lowest BCUT2D eigenvalue weighted by atomic mass is 10.0. The highest BCUT2D eigenvalue weighted by atomic mass is 35.5. The molecule has 1 N–H and O–H groups in total. The van der Waals surface area contributed by atoms with Crippen LogP contribution in [-0.4, -0.2) is 42.9 Å². The van der Waals surface area contributed by atoms with Crippen molar-refractivity contribution in [2.45, 2.75) is 29.3 Å². The molecule has 4 rings (SSSR count). The summed E-state index contributed by atoms with van der Waals surface area (Å²) >= 11 is 6.64. The molecule has 0 aromatic heterocycles. The Morgan fingerprint density at radius 2 is 1.70 bits per heavy atom. The number of alkyl halides is 1. The highest BCUT2D eigenvalue weighted by Crippen LogP contribution is 2.33. The summed E-state index contributed by atoms with van der Waals surface area (Å²) < 4.78 is 34.0. The molecule has 192 valence electrons. The quantitative estimate of drug-likeness (QED) is 0.255. The number of nitrogens with one attached hydrogen (secondary N) is 1. The van der Waals surface area contributed by atoms with Gasteiger partial charge in [0.05, 0.1) is 15.2 Å². The van der Waals surface area contributed by atoms with E-state index in [-0.39, 0.29) is 22.8 Å². The largest absolute Gasteiger partial charge is 0.446 e. The smallest absolute Gasteiger partial charge is 0.417 e. The van der Waals surface area contributed by atoms with Crippen LogP contribution < -0.4 is 4.72 Å². The van der Waals surface area contributed by atoms with E-state index in [9.17, 15) is 28.1 Å². The number of carbonyl (C=O) groups is 2. The van der Waals surface area contributed by atoms with Gasteiger partial charge in [-0.25, -0.2) is 18.1 Å². The fourth-order valence-corrected chi connectivity index (χ4v) is 5.49. The van der Waals surface area contributed by atoms with Gasteiger partial charge in [-0.2, -0.15) is 4.72 Å². The van der Waals surface area contributed by atoms with Crippen LogP contribution in [0.4, 0.5) is 10.5 Å². The number of hydrogen-bond donors (Lipinski definition) is 1. The molecular formula is C25H22ClN3O7S. The first kappa shape index (κ1) is 26.3. The second kappa shape index (κ2) is 10.7. The summed E-state index contributed by atoms with van der Waals surface area (Å²) in [5.41, 5.74) is 1.48. The fraction of sp³-hybridized carbons (Fsp3) is 0.200. The molecule has 0 radical (unpaired) electrons. The number of imide groups is 1. The van der Waals surface area contributed by atoms with Gasteiger partial charge in [-0.05, 0) is 30.2 Å². The van der Waals surface area contributed by atoms with Gasteiger partial charge in [0, 0.05) is 12.1 Å². The van der Waals surface area contributed by atoms with E-state index >= 15 is 0 Å². The van der Waals surface area contributed by atoms with Crippen LogP contribution in [0.25, 0.3) is 0 Å². The second-order valence-electron chi connectivity index (χ2n) is 8.37. The second-order valence-corrected chi connectivity index (χ2v) is 10.6. The molecule has 1 aliphatic rings. The molecule has 1 aliphatic heterocycles. The molecule has 0 spiro atoms. The Hall–Kier alpha value is -3.80. The number of halogens is 1. The predicted octanol–water partition coefficient (Wildman–Crippen LogP) is 4.25. The molecule has 37 heavy (non-hydrogen) atoms. The molecule has 0 saturated carbocycles. The first-order valence-corrected chi connectivity index (χ1v) is 13.0. The molecule has 1 heterocycles. The summed E-state index contributed by atoms with van der Waals surface area (Å²) in [5, 5.41) is 9.72. The summed E-state index contributed by atoms with van der Waals surface area (Å²) in [7, 11) is -4.27. The average molecular weight is 544 g/mol. The Balaban J connectivity index is 1.73. The number of benzene rings is 3. The molecule has 0 aliphatic carbocycles. The van der Waals surface area contributed by atoms with E-state index in [2.05, 4.69) is 4.72 Å². The van der Waals surface area contributed by atoms with Gasteiger partial charge < -0.3 is 4.74 Å². The number of sulfonamides is 1. The van der Waals surface area contributed by atoms with Crippen LogP contribution >= 0.6 is 11.6 Å². The first-order chi connectivity index (χ1) is 17.6. The van der Waals surface area contributed by atoms with E-state index in [0.717, 1.165) is 10.5 Å². The Morgan fingerprint density at radius 1 is 1.08 bits per heavy atom. The number of carbonyl (C=O) groups excluding carboxylic acids is 2. The SMILES string of the molecule is Cc1ccc(S(=O)(=O)N[C@@H](C(=O)N2C(=O)OC[C@@H]2c2ccccc2)[C@H](Cl)c2ccc([N+](=O)[O-])cc2)cc1. The van der Waals surface area contributed by atoms with E-state index in [1.165, 1.54) is 36.4 Å². The number of rotatable bonds is 8. The molecular weight excluding hydrogens is 522 g/mol. The molecule has 2 amide bonds. The van der Waals surface area contributed by atoms with Gasteiger partial charge in [-0.15, -0.1) is 11.6 Å². The summed E-state index contributed by atoms with van der Waals surface area (Å²) in [6.45, 7) is 1.68. The van der Waals surface area contributed by atoms with Crippen molar-refractivity contribution in [1.82, 2.24) is 9.62 Å². The number of ether oxygens (including phenoxy) is 1. The van der Waals surface area contributed by atoms with Gasteiger partial charge in [0.2, 0.25) is 10.0 Å². The zero-order valence-corrected chi connectivity index (χ0v) is 21.1. The lowest BCUT2D eigenvalue weighted by Crippen LogP contribution is -2.51. The van der Waals surface area contributed by atoms with Crippen molar-refractivity contribution in [2.75, 3.05) is 6.61 Å². The van der Waals surface area contributed by atoms with Gasteiger partial charge >= 0.3 is 6.09 Å². The van der Waals surface area contributed by atoms with E-state index in [1.807, 2.05) is 0 Å². The van der Waals surface area contributed by atoms with Crippen LogP contribution in [0.2, 0.25) is 0 Å². The number of hydrogen-bond acceptors (Lipinski definition) is 7. The van der Waals surface area contributed by atoms with Crippen molar-refractivity contribution in [3.05, 3.63) is 106 Å². The van der Waals surface area contributed by atoms with Crippen LogP contribution in [-0.2, 0) is 19.6 Å². The van der Waals surface area contributed by atoms with Crippen LogP contribution in [0.1, 0.15) is 28.1 Å². The van der Waals surface area contributed by atoms with Crippen LogP contribution in [0, 0.1) is 17.0 Å². The van der Waals surface area contributed by atoms with E-state index in [4.69, 9.17) is 16.3 Å². The zero-order valence-electron chi connectivity index (χ0n) is 19.5. The predicted molar refractivity (Wildman–Crippen MR) is 134 cm³/mol. The van der Waals surface area contributed by atoms with Crippen molar-refractivity contribution in [2.24, 2.45) is 0 Å². The molecule has 0 unspecified atom stereocenters. The van der Waals surface area contributed by atoms with Gasteiger partial charge in [0.25, 0.3) is 11.6 Å². The Bertz CT molecular complexity index is 1410. The highest BCUT2D eigenvalue weighted by Gasteiger charge is 2.45. The minimum absolute atomic E-state index is 0.105. The highest BCUT2D eigenvalue weighted by molar-refractivity contribution is 7.89. The van der Waals surface area contributed by atoms with E-state index in [0.29, 0.717) is 5.56 Å². The Labute approximate surface area is 218 Å². The summed E-state index contributed by atoms with van der Waals surface area (Å²) in [5.74, 6) is -0.926. The van der Waals surface area contributed by atoms with Gasteiger partial charge in [-0.3, -0.25) is 14.9 Å². The van der Waals surface area contributed by atoms with Gasteiger partial charge in [-0.1, -0.05) is 60.2 Å². The Kier molecular flexibility index (Phi) is 7.58. The van der Waals surface area contributed by atoms with Crippen molar-refractivity contribution in [3.63, 3.8) is 0 Å². The molecule has 0 bridgehead atoms. The lowest BCUT2D eigenvalue weighted by Gasteiger charge is -2.28. The van der Waals surface area contributed by atoms with Crippen molar-refractivity contribution in [3.8, 4) is 0 Å². The van der Waals surface area contributed by atoms with Crippen LogP contribution in [0.15, 0.2) is 83.8 Å². The molecule has 3 aromatic carbocycles. The number of non-ortho nitro benzene ring substituents is 1. The molecule has 1 saturated heterocycles. The monoisotopic (exact) mass is 543 g/mol. The maximum atomic E-state index is 13.8. The lowest BCUT2D eigenvalue weighted by molar-refractivity contribution is -0.384. The van der Waals surface area contributed by atoms with E-state index in [1.54, 1.807) is 49.4 Å². The van der Waals surface area contributed by atoms with Crippen LogP contribution in [0.3, 0.4) is 0 Å². The standard InChI is InChI=1S/C25H22ClN3O7S/c1-16-7-13-20(14-8-16)37(34,35)27-23(22(26)18-9-11-19(12-10-18)29(32)33)24(30)28-21(15-36-25(28)31)17-5-3-2-4-6-17/h2-14,21-23,27H,15H2,1H3/t21-,22-,23-/m1/s1. The number of cyclic esters (lactones) is 1. The summed E-state index contributed by atoms with van der Waals surface area (Å²) in [4.78, 5) is 37.6. The van der Waals surface area contributed by atoms with Crippen molar-refractivity contribution < 1.29 is 27.7 Å². The van der Waals surface area contributed by atoms with E-state index < -0.39 is 44.4 Å². The molecule has 1 fully saturated rings. The number of nitrogens with zero attached hydrogens (tertiary/aromatic N) is 2. The van der Waals surface area contributed by atoms with Gasteiger partial charge in [0.15, 0.2) is 0 Å². The topological polar surface area (TPSA) is 136 Å².